The Kier molecular flexibility index (Phi) is 3.04. The van der Waals surface area contributed by atoms with Crippen LogP contribution in [0.2, 0.25) is 0 Å². The summed E-state index contributed by atoms with van der Waals surface area (Å²) in [6, 6.07) is 7.99. The van der Waals surface area contributed by atoms with Gasteiger partial charge in [0.15, 0.2) is 0 Å². The summed E-state index contributed by atoms with van der Waals surface area (Å²) in [5, 5.41) is 6.07. The first-order valence-electron chi connectivity index (χ1n) is 6.09. The fraction of sp³-hybridized carbons (Fsp3) is 0.357. The van der Waals surface area contributed by atoms with Crippen LogP contribution in [0.25, 0.3) is 10.1 Å². The number of amides is 1. The maximum atomic E-state index is 12.3. The van der Waals surface area contributed by atoms with E-state index < -0.39 is 0 Å². The zero-order valence-electron chi connectivity index (χ0n) is 9.91. The first-order chi connectivity index (χ1) is 8.74. The van der Waals surface area contributed by atoms with Gasteiger partial charge in [0.1, 0.15) is 0 Å². The summed E-state index contributed by atoms with van der Waals surface area (Å²) >= 11 is 7.58. The minimum absolute atomic E-state index is 0.00722. The average Bonchev–Trinajstić information content (AvgIpc) is 2.77. The molecule has 0 saturated heterocycles. The van der Waals surface area contributed by atoms with Gasteiger partial charge in [-0.1, -0.05) is 18.2 Å². The van der Waals surface area contributed by atoms with Crippen LogP contribution in [0.5, 0.6) is 0 Å². The molecule has 0 unspecified atom stereocenters. The molecule has 1 aliphatic carbocycles. The SMILES string of the molecule is O=C(NC1(CCl)CCC1)c1csc2ccccc12. The molecule has 1 aliphatic rings. The molecule has 1 aromatic carbocycles. The predicted molar refractivity (Wildman–Crippen MR) is 76.6 cm³/mol. The predicted octanol–water partition coefficient (Wildman–Crippen LogP) is 3.79. The van der Waals surface area contributed by atoms with Gasteiger partial charge in [0, 0.05) is 21.3 Å². The third kappa shape index (κ3) is 1.91. The van der Waals surface area contributed by atoms with Crippen molar-refractivity contribution in [1.82, 2.24) is 5.32 Å². The molecule has 2 aromatic rings. The van der Waals surface area contributed by atoms with Gasteiger partial charge in [0.2, 0.25) is 0 Å². The van der Waals surface area contributed by atoms with Gasteiger partial charge < -0.3 is 5.32 Å². The number of nitrogens with one attached hydrogen (secondary N) is 1. The van der Waals surface area contributed by atoms with Crippen LogP contribution in [0.3, 0.4) is 0 Å². The first-order valence-corrected chi connectivity index (χ1v) is 7.50. The van der Waals surface area contributed by atoms with E-state index in [1.165, 1.54) is 0 Å². The van der Waals surface area contributed by atoms with Gasteiger partial charge in [-0.25, -0.2) is 0 Å². The number of rotatable bonds is 3. The van der Waals surface area contributed by atoms with Crippen molar-refractivity contribution < 1.29 is 4.79 Å². The number of carbonyl (C=O) groups excluding carboxylic acids is 1. The monoisotopic (exact) mass is 279 g/mol. The lowest BCUT2D eigenvalue weighted by Gasteiger charge is -2.40. The van der Waals surface area contributed by atoms with Crippen LogP contribution in [0.4, 0.5) is 0 Å². The van der Waals surface area contributed by atoms with Gasteiger partial charge in [0.05, 0.1) is 11.1 Å². The number of hydrogen-bond donors (Lipinski definition) is 1. The van der Waals surface area contributed by atoms with E-state index in [1.54, 1.807) is 11.3 Å². The zero-order chi connectivity index (χ0) is 12.6. The Morgan fingerprint density at radius 2 is 2.17 bits per heavy atom. The molecule has 0 atom stereocenters. The fourth-order valence-corrected chi connectivity index (χ4v) is 3.63. The van der Waals surface area contributed by atoms with Crippen molar-refractivity contribution in [2.75, 3.05) is 5.88 Å². The van der Waals surface area contributed by atoms with Crippen LogP contribution in [-0.4, -0.2) is 17.3 Å². The van der Waals surface area contributed by atoms with Crippen molar-refractivity contribution >= 4 is 38.9 Å². The van der Waals surface area contributed by atoms with Gasteiger partial charge in [-0.2, -0.15) is 0 Å². The topological polar surface area (TPSA) is 29.1 Å². The lowest BCUT2D eigenvalue weighted by Crippen LogP contribution is -2.54. The summed E-state index contributed by atoms with van der Waals surface area (Å²) in [5.41, 5.74) is 0.605. The maximum absolute atomic E-state index is 12.3. The quantitative estimate of drug-likeness (QED) is 0.851. The number of hydrogen-bond acceptors (Lipinski definition) is 2. The molecule has 2 nitrogen and oxygen atoms in total. The van der Waals surface area contributed by atoms with Crippen molar-refractivity contribution in [3.8, 4) is 0 Å². The number of alkyl halides is 1. The average molecular weight is 280 g/mol. The van der Waals surface area contributed by atoms with E-state index in [0.29, 0.717) is 5.88 Å². The number of benzene rings is 1. The Balaban J connectivity index is 1.88. The van der Waals surface area contributed by atoms with Crippen LogP contribution in [0.15, 0.2) is 29.6 Å². The zero-order valence-corrected chi connectivity index (χ0v) is 11.5. The molecular formula is C14H14ClNOS. The molecule has 3 rings (SSSR count). The van der Waals surface area contributed by atoms with E-state index in [9.17, 15) is 4.79 Å². The van der Waals surface area contributed by atoms with Crippen molar-refractivity contribution in [1.29, 1.82) is 0 Å². The number of carbonyl (C=O) groups is 1. The minimum atomic E-state index is -0.165. The Morgan fingerprint density at radius 3 is 2.83 bits per heavy atom. The number of thiophene rings is 1. The molecule has 1 heterocycles. The van der Waals surface area contributed by atoms with Crippen LogP contribution in [-0.2, 0) is 0 Å². The summed E-state index contributed by atoms with van der Waals surface area (Å²) in [6.45, 7) is 0. The van der Waals surface area contributed by atoms with E-state index in [4.69, 9.17) is 11.6 Å². The van der Waals surface area contributed by atoms with Crippen LogP contribution in [0, 0.1) is 0 Å². The van der Waals surface area contributed by atoms with Crippen molar-refractivity contribution in [3.05, 3.63) is 35.2 Å². The summed E-state index contributed by atoms with van der Waals surface area (Å²) < 4.78 is 1.15. The summed E-state index contributed by atoms with van der Waals surface area (Å²) in [6.07, 6.45) is 3.13. The van der Waals surface area contributed by atoms with Gasteiger partial charge in [-0.05, 0) is 25.3 Å². The number of halogens is 1. The largest absolute Gasteiger partial charge is 0.345 e. The standard InChI is InChI=1S/C14H14ClNOS/c15-9-14(6-3-7-14)16-13(17)11-8-18-12-5-2-1-4-10(11)12/h1-2,4-5,8H,3,6-7,9H2,(H,16,17). The minimum Gasteiger partial charge on any atom is -0.345 e. The Hall–Kier alpha value is -1.06. The molecule has 1 fully saturated rings. The van der Waals surface area contributed by atoms with Gasteiger partial charge in [-0.3, -0.25) is 4.79 Å². The van der Waals surface area contributed by atoms with E-state index in [1.807, 2.05) is 29.6 Å². The molecule has 18 heavy (non-hydrogen) atoms. The molecule has 1 saturated carbocycles. The smallest absolute Gasteiger partial charge is 0.253 e. The van der Waals surface area contributed by atoms with E-state index in [2.05, 4.69) is 5.32 Å². The maximum Gasteiger partial charge on any atom is 0.253 e. The Labute approximate surface area is 115 Å². The number of fused-ring (bicyclic) bond motifs is 1. The molecule has 0 aliphatic heterocycles. The first kappa shape index (κ1) is 12.0. The highest BCUT2D eigenvalue weighted by Crippen LogP contribution is 2.34. The summed E-state index contributed by atoms with van der Waals surface area (Å²) in [5.74, 6) is 0.508. The van der Waals surface area contributed by atoms with E-state index in [-0.39, 0.29) is 11.4 Å². The highest BCUT2D eigenvalue weighted by molar-refractivity contribution is 7.17. The Morgan fingerprint density at radius 1 is 1.39 bits per heavy atom. The lowest BCUT2D eigenvalue weighted by molar-refractivity contribution is 0.0856. The second-order valence-electron chi connectivity index (χ2n) is 4.87. The molecule has 94 valence electrons. The third-order valence-corrected chi connectivity index (χ3v) is 5.15. The van der Waals surface area contributed by atoms with Crippen molar-refractivity contribution in [2.24, 2.45) is 0 Å². The van der Waals surface area contributed by atoms with Gasteiger partial charge in [0.25, 0.3) is 5.91 Å². The van der Waals surface area contributed by atoms with E-state index in [0.717, 1.165) is 34.9 Å². The van der Waals surface area contributed by atoms with Crippen molar-refractivity contribution in [3.63, 3.8) is 0 Å². The second-order valence-corrected chi connectivity index (χ2v) is 6.05. The molecule has 4 heteroatoms. The van der Waals surface area contributed by atoms with Crippen LogP contribution >= 0.6 is 22.9 Å². The highest BCUT2D eigenvalue weighted by Gasteiger charge is 2.37. The van der Waals surface area contributed by atoms with Gasteiger partial charge in [-0.15, -0.1) is 22.9 Å². The van der Waals surface area contributed by atoms with Crippen molar-refractivity contribution in [2.45, 2.75) is 24.8 Å². The molecule has 1 amide bonds. The molecular weight excluding hydrogens is 266 g/mol. The van der Waals surface area contributed by atoms with Crippen LogP contribution in [0.1, 0.15) is 29.6 Å². The third-order valence-electron chi connectivity index (χ3n) is 3.67. The summed E-state index contributed by atoms with van der Waals surface area (Å²) in [7, 11) is 0. The lowest BCUT2D eigenvalue weighted by atomic mass is 9.78. The molecule has 0 spiro atoms. The van der Waals surface area contributed by atoms with Gasteiger partial charge >= 0.3 is 0 Å². The van der Waals surface area contributed by atoms with E-state index >= 15 is 0 Å². The fourth-order valence-electron chi connectivity index (χ4n) is 2.36. The van der Waals surface area contributed by atoms with Crippen LogP contribution < -0.4 is 5.32 Å². The second kappa shape index (κ2) is 4.56. The summed E-state index contributed by atoms with van der Waals surface area (Å²) in [4.78, 5) is 12.3. The Bertz CT molecular complexity index is 583. The molecule has 0 bridgehead atoms. The molecule has 1 N–H and O–H groups in total. The highest BCUT2D eigenvalue weighted by atomic mass is 35.5. The molecule has 1 aromatic heterocycles. The normalized spacial score (nSPS) is 17.4. The molecule has 0 radical (unpaired) electrons.